The third-order valence-electron chi connectivity index (χ3n) is 4.36. The fraction of sp³-hybridized carbons (Fsp3) is 0.316. The Hall–Kier alpha value is -2.34. The van der Waals surface area contributed by atoms with Gasteiger partial charge in [0.05, 0.1) is 11.4 Å². The van der Waals surface area contributed by atoms with E-state index in [9.17, 15) is 13.2 Å². The van der Waals surface area contributed by atoms with Gasteiger partial charge in [-0.3, -0.25) is 9.52 Å². The molecule has 0 saturated carbocycles. The van der Waals surface area contributed by atoms with E-state index in [2.05, 4.69) is 4.72 Å². The molecule has 1 aliphatic heterocycles. The summed E-state index contributed by atoms with van der Waals surface area (Å²) in [6, 6.07) is 15.2. The van der Waals surface area contributed by atoms with E-state index in [1.54, 1.807) is 17.0 Å². The summed E-state index contributed by atoms with van der Waals surface area (Å²) in [6.45, 7) is 2.17. The highest BCUT2D eigenvalue weighted by atomic mass is 32.2. The molecule has 0 unspecified atom stereocenters. The molecule has 1 aliphatic rings. The molecule has 1 N–H and O–H groups in total. The number of rotatable bonds is 6. The first-order chi connectivity index (χ1) is 11.9. The number of aryl methyl sites for hydroxylation is 1. The molecule has 6 heteroatoms. The standard InChI is InChI=1S/C19H22N2O3S/c1-15(22)21-12-11-17-9-10-18(14-19(17)21)20-25(23,24)13-5-8-16-6-3-2-4-7-16/h2-4,6-7,9-10,14,20H,5,8,11-13H2,1H3. The number of fused-ring (bicyclic) bond motifs is 1. The molecule has 0 fully saturated rings. The maximum Gasteiger partial charge on any atom is 0.232 e. The zero-order valence-electron chi connectivity index (χ0n) is 14.2. The molecule has 0 saturated heterocycles. The highest BCUT2D eigenvalue weighted by Crippen LogP contribution is 2.31. The van der Waals surface area contributed by atoms with Crippen LogP contribution in [0.15, 0.2) is 48.5 Å². The van der Waals surface area contributed by atoms with Crippen LogP contribution in [-0.4, -0.2) is 26.6 Å². The van der Waals surface area contributed by atoms with Gasteiger partial charge in [-0.05, 0) is 42.5 Å². The van der Waals surface area contributed by atoms with Crippen LogP contribution in [0, 0.1) is 0 Å². The second kappa shape index (κ2) is 7.27. The molecule has 5 nitrogen and oxygen atoms in total. The molecule has 2 aromatic rings. The van der Waals surface area contributed by atoms with Crippen molar-refractivity contribution in [1.29, 1.82) is 0 Å². The highest BCUT2D eigenvalue weighted by molar-refractivity contribution is 7.92. The van der Waals surface area contributed by atoms with Gasteiger partial charge < -0.3 is 4.90 Å². The minimum Gasteiger partial charge on any atom is -0.312 e. The predicted octanol–water partition coefficient (Wildman–Crippen LogP) is 2.97. The lowest BCUT2D eigenvalue weighted by Crippen LogP contribution is -2.26. The van der Waals surface area contributed by atoms with Crippen molar-refractivity contribution in [3.05, 3.63) is 59.7 Å². The first-order valence-electron chi connectivity index (χ1n) is 8.40. The summed E-state index contributed by atoms with van der Waals surface area (Å²) >= 11 is 0. The number of anilines is 2. The Kier molecular flexibility index (Phi) is 5.08. The van der Waals surface area contributed by atoms with Gasteiger partial charge in [0, 0.05) is 19.2 Å². The average molecular weight is 358 g/mol. The molecule has 1 heterocycles. The molecule has 0 aromatic heterocycles. The van der Waals surface area contributed by atoms with Crippen LogP contribution in [-0.2, 0) is 27.7 Å². The number of benzene rings is 2. The molecular formula is C19H22N2O3S. The normalized spacial score (nSPS) is 13.6. The van der Waals surface area contributed by atoms with E-state index in [0.29, 0.717) is 18.7 Å². The number of nitrogens with zero attached hydrogens (tertiary/aromatic N) is 1. The van der Waals surface area contributed by atoms with Gasteiger partial charge in [-0.25, -0.2) is 8.42 Å². The van der Waals surface area contributed by atoms with Gasteiger partial charge in [-0.2, -0.15) is 0 Å². The lowest BCUT2D eigenvalue weighted by atomic mass is 10.1. The van der Waals surface area contributed by atoms with E-state index in [-0.39, 0.29) is 11.7 Å². The van der Waals surface area contributed by atoms with Crippen molar-refractivity contribution >= 4 is 27.3 Å². The van der Waals surface area contributed by atoms with Crippen LogP contribution in [0.25, 0.3) is 0 Å². The monoisotopic (exact) mass is 358 g/mol. The van der Waals surface area contributed by atoms with Crippen molar-refractivity contribution in [2.45, 2.75) is 26.2 Å². The predicted molar refractivity (Wildman–Crippen MR) is 100 cm³/mol. The Labute approximate surface area is 148 Å². The molecule has 132 valence electrons. The van der Waals surface area contributed by atoms with Crippen LogP contribution in [0.2, 0.25) is 0 Å². The minimum absolute atomic E-state index is 0.0263. The number of nitrogens with one attached hydrogen (secondary N) is 1. The molecular weight excluding hydrogens is 336 g/mol. The number of amides is 1. The molecule has 3 rings (SSSR count). The van der Waals surface area contributed by atoms with Gasteiger partial charge in [-0.15, -0.1) is 0 Å². The first-order valence-corrected chi connectivity index (χ1v) is 10.1. The first kappa shape index (κ1) is 17.5. The van der Waals surface area contributed by atoms with Crippen LogP contribution in [0.5, 0.6) is 0 Å². The van der Waals surface area contributed by atoms with Gasteiger partial charge in [-0.1, -0.05) is 36.4 Å². The summed E-state index contributed by atoms with van der Waals surface area (Å²) in [7, 11) is -3.41. The van der Waals surface area contributed by atoms with Crippen molar-refractivity contribution in [3.63, 3.8) is 0 Å². The van der Waals surface area contributed by atoms with Crippen LogP contribution in [0.1, 0.15) is 24.5 Å². The van der Waals surface area contributed by atoms with Crippen molar-refractivity contribution in [1.82, 2.24) is 0 Å². The molecule has 0 aliphatic carbocycles. The number of sulfonamides is 1. The van der Waals surface area contributed by atoms with Crippen LogP contribution >= 0.6 is 0 Å². The van der Waals surface area contributed by atoms with Gasteiger partial charge in [0.2, 0.25) is 15.9 Å². The van der Waals surface area contributed by atoms with E-state index in [1.807, 2.05) is 36.4 Å². The van der Waals surface area contributed by atoms with Crippen molar-refractivity contribution in [2.24, 2.45) is 0 Å². The summed E-state index contributed by atoms with van der Waals surface area (Å²) in [5.41, 5.74) is 3.51. The molecule has 25 heavy (non-hydrogen) atoms. The summed E-state index contributed by atoms with van der Waals surface area (Å²) < 4.78 is 27.3. The fourth-order valence-electron chi connectivity index (χ4n) is 3.11. The molecule has 0 spiro atoms. The zero-order chi connectivity index (χ0) is 17.9. The van der Waals surface area contributed by atoms with E-state index < -0.39 is 10.0 Å². The van der Waals surface area contributed by atoms with E-state index >= 15 is 0 Å². The zero-order valence-corrected chi connectivity index (χ0v) is 15.1. The maximum absolute atomic E-state index is 12.3. The quantitative estimate of drug-likeness (QED) is 0.863. The average Bonchev–Trinajstić information content (AvgIpc) is 2.98. The maximum atomic E-state index is 12.3. The summed E-state index contributed by atoms with van der Waals surface area (Å²) in [5.74, 6) is 0.0386. The second-order valence-electron chi connectivity index (χ2n) is 6.27. The number of hydrogen-bond donors (Lipinski definition) is 1. The van der Waals surface area contributed by atoms with Crippen LogP contribution in [0.4, 0.5) is 11.4 Å². The lowest BCUT2D eigenvalue weighted by molar-refractivity contribution is -0.116. The third kappa shape index (κ3) is 4.39. The van der Waals surface area contributed by atoms with Crippen LogP contribution < -0.4 is 9.62 Å². The molecule has 0 bridgehead atoms. The lowest BCUT2D eigenvalue weighted by Gasteiger charge is -2.16. The largest absolute Gasteiger partial charge is 0.312 e. The number of carbonyl (C=O) groups is 1. The Morgan fingerprint density at radius 2 is 1.92 bits per heavy atom. The summed E-state index contributed by atoms with van der Waals surface area (Å²) in [4.78, 5) is 13.4. The van der Waals surface area contributed by atoms with Gasteiger partial charge in [0.15, 0.2) is 0 Å². The molecule has 1 amide bonds. The van der Waals surface area contributed by atoms with Crippen molar-refractivity contribution in [2.75, 3.05) is 21.9 Å². The molecule has 0 radical (unpaired) electrons. The second-order valence-corrected chi connectivity index (χ2v) is 8.12. The Balaban J connectivity index is 1.63. The van der Waals surface area contributed by atoms with E-state index in [1.165, 1.54) is 6.92 Å². The van der Waals surface area contributed by atoms with Gasteiger partial charge in [0.25, 0.3) is 0 Å². The minimum atomic E-state index is -3.41. The SMILES string of the molecule is CC(=O)N1CCc2ccc(NS(=O)(=O)CCCc3ccccc3)cc21. The van der Waals surface area contributed by atoms with Crippen LogP contribution in [0.3, 0.4) is 0 Å². The van der Waals surface area contributed by atoms with E-state index in [4.69, 9.17) is 0 Å². The fourth-order valence-corrected chi connectivity index (χ4v) is 4.22. The molecule has 2 aromatic carbocycles. The number of carbonyl (C=O) groups excluding carboxylic acids is 1. The Bertz CT molecular complexity index is 863. The van der Waals surface area contributed by atoms with Gasteiger partial charge >= 0.3 is 0 Å². The summed E-state index contributed by atoms with van der Waals surface area (Å²) in [5, 5.41) is 0. The highest BCUT2D eigenvalue weighted by Gasteiger charge is 2.23. The van der Waals surface area contributed by atoms with Crippen molar-refractivity contribution < 1.29 is 13.2 Å². The molecule has 0 atom stereocenters. The van der Waals surface area contributed by atoms with Gasteiger partial charge in [0.1, 0.15) is 0 Å². The van der Waals surface area contributed by atoms with E-state index in [0.717, 1.165) is 29.7 Å². The Morgan fingerprint density at radius 3 is 2.64 bits per heavy atom. The third-order valence-corrected chi connectivity index (χ3v) is 5.73. The topological polar surface area (TPSA) is 66.5 Å². The summed E-state index contributed by atoms with van der Waals surface area (Å²) in [6.07, 6.45) is 2.09. The Morgan fingerprint density at radius 1 is 1.16 bits per heavy atom. The smallest absolute Gasteiger partial charge is 0.232 e. The van der Waals surface area contributed by atoms with Crippen molar-refractivity contribution in [3.8, 4) is 0 Å². The number of hydrogen-bond acceptors (Lipinski definition) is 3.